The average molecular weight is 219 g/mol. The zero-order chi connectivity index (χ0) is 11.4. The minimum atomic E-state index is 0.351. The molecule has 0 saturated heterocycles. The fourth-order valence-electron chi connectivity index (χ4n) is 1.74. The number of fused-ring (bicyclic) bond motifs is 1. The second-order valence-corrected chi connectivity index (χ2v) is 3.91. The van der Waals surface area contributed by atoms with Gasteiger partial charge in [0.15, 0.2) is 0 Å². The first-order chi connectivity index (χ1) is 7.81. The standard InChI is InChI=1S/C12H17N3O/c1-10(9-16-2)14-8-11-4-3-5-12-13-6-7-15(11)12/h3-7,10,14H,8-9H2,1-2H3. The van der Waals surface area contributed by atoms with Crippen LogP contribution in [0.5, 0.6) is 0 Å². The van der Waals surface area contributed by atoms with E-state index in [0.717, 1.165) is 18.8 Å². The normalized spacial score (nSPS) is 13.1. The van der Waals surface area contributed by atoms with Gasteiger partial charge in [-0.15, -0.1) is 0 Å². The zero-order valence-electron chi connectivity index (χ0n) is 9.68. The predicted molar refractivity (Wildman–Crippen MR) is 63.4 cm³/mol. The van der Waals surface area contributed by atoms with E-state index in [4.69, 9.17) is 4.74 Å². The number of nitrogens with one attached hydrogen (secondary N) is 1. The summed E-state index contributed by atoms with van der Waals surface area (Å²) in [5.74, 6) is 0. The minimum absolute atomic E-state index is 0.351. The summed E-state index contributed by atoms with van der Waals surface area (Å²) >= 11 is 0. The van der Waals surface area contributed by atoms with Crippen LogP contribution in [0.2, 0.25) is 0 Å². The van der Waals surface area contributed by atoms with E-state index in [0.29, 0.717) is 6.04 Å². The molecule has 2 aromatic rings. The van der Waals surface area contributed by atoms with Crippen molar-refractivity contribution < 1.29 is 4.74 Å². The molecular weight excluding hydrogens is 202 g/mol. The lowest BCUT2D eigenvalue weighted by Crippen LogP contribution is -2.30. The molecule has 0 radical (unpaired) electrons. The highest BCUT2D eigenvalue weighted by atomic mass is 16.5. The molecule has 0 aliphatic rings. The predicted octanol–water partition coefficient (Wildman–Crippen LogP) is 1.46. The van der Waals surface area contributed by atoms with E-state index in [1.54, 1.807) is 7.11 Å². The third kappa shape index (κ3) is 2.40. The number of nitrogens with zero attached hydrogens (tertiary/aromatic N) is 2. The lowest BCUT2D eigenvalue weighted by molar-refractivity contribution is 0.171. The molecule has 2 heterocycles. The largest absolute Gasteiger partial charge is 0.383 e. The summed E-state index contributed by atoms with van der Waals surface area (Å²) < 4.78 is 7.17. The fraction of sp³-hybridized carbons (Fsp3) is 0.417. The van der Waals surface area contributed by atoms with Gasteiger partial charge in [-0.2, -0.15) is 0 Å². The van der Waals surface area contributed by atoms with Crippen molar-refractivity contribution in [2.75, 3.05) is 13.7 Å². The first kappa shape index (κ1) is 11.1. The molecule has 0 aliphatic heterocycles. The Bertz CT molecular complexity index is 452. The summed E-state index contributed by atoms with van der Waals surface area (Å²) in [5.41, 5.74) is 2.19. The monoisotopic (exact) mass is 219 g/mol. The Labute approximate surface area is 95.3 Å². The minimum Gasteiger partial charge on any atom is -0.383 e. The number of imidazole rings is 1. The average Bonchev–Trinajstić information content (AvgIpc) is 2.75. The molecule has 4 heteroatoms. The van der Waals surface area contributed by atoms with Gasteiger partial charge < -0.3 is 14.5 Å². The van der Waals surface area contributed by atoms with Crippen LogP contribution in [0.4, 0.5) is 0 Å². The Kier molecular flexibility index (Phi) is 3.54. The number of hydrogen-bond donors (Lipinski definition) is 1. The Morgan fingerprint density at radius 1 is 1.50 bits per heavy atom. The molecule has 2 aromatic heterocycles. The van der Waals surface area contributed by atoms with Gasteiger partial charge in [0.2, 0.25) is 0 Å². The second-order valence-electron chi connectivity index (χ2n) is 3.91. The lowest BCUT2D eigenvalue weighted by atomic mass is 10.3. The van der Waals surface area contributed by atoms with E-state index >= 15 is 0 Å². The van der Waals surface area contributed by atoms with E-state index in [9.17, 15) is 0 Å². The summed E-state index contributed by atoms with van der Waals surface area (Å²) in [6.07, 6.45) is 3.80. The second kappa shape index (κ2) is 5.09. The number of aromatic nitrogens is 2. The van der Waals surface area contributed by atoms with Crippen LogP contribution in [-0.4, -0.2) is 29.1 Å². The number of ether oxygens (including phenoxy) is 1. The molecule has 4 nitrogen and oxygen atoms in total. The van der Waals surface area contributed by atoms with Gasteiger partial charge in [-0.05, 0) is 19.1 Å². The first-order valence-corrected chi connectivity index (χ1v) is 5.44. The topological polar surface area (TPSA) is 38.6 Å². The lowest BCUT2D eigenvalue weighted by Gasteiger charge is -2.13. The fourth-order valence-corrected chi connectivity index (χ4v) is 1.74. The van der Waals surface area contributed by atoms with E-state index in [1.807, 2.05) is 24.5 Å². The van der Waals surface area contributed by atoms with Gasteiger partial charge in [0.05, 0.1) is 6.61 Å². The van der Waals surface area contributed by atoms with Crippen LogP contribution >= 0.6 is 0 Å². The van der Waals surface area contributed by atoms with Gasteiger partial charge in [0, 0.05) is 37.8 Å². The molecule has 1 unspecified atom stereocenters. The summed E-state index contributed by atoms with van der Waals surface area (Å²) in [4.78, 5) is 4.25. The molecule has 86 valence electrons. The molecule has 0 bridgehead atoms. The highest BCUT2D eigenvalue weighted by Crippen LogP contribution is 2.05. The summed E-state index contributed by atoms with van der Waals surface area (Å²) in [6.45, 7) is 3.65. The van der Waals surface area contributed by atoms with Crippen LogP contribution in [-0.2, 0) is 11.3 Å². The van der Waals surface area contributed by atoms with Crippen LogP contribution in [0, 0.1) is 0 Å². The molecule has 16 heavy (non-hydrogen) atoms. The quantitative estimate of drug-likeness (QED) is 0.827. The first-order valence-electron chi connectivity index (χ1n) is 5.44. The van der Waals surface area contributed by atoms with Crippen molar-refractivity contribution in [3.05, 3.63) is 36.3 Å². The van der Waals surface area contributed by atoms with Crippen molar-refractivity contribution in [1.82, 2.24) is 14.7 Å². The molecule has 0 aliphatic carbocycles. The van der Waals surface area contributed by atoms with Crippen molar-refractivity contribution in [3.8, 4) is 0 Å². The van der Waals surface area contributed by atoms with Gasteiger partial charge in [-0.3, -0.25) is 0 Å². The summed E-state index contributed by atoms with van der Waals surface area (Å²) in [5, 5.41) is 3.41. The highest BCUT2D eigenvalue weighted by molar-refractivity contribution is 5.39. The van der Waals surface area contributed by atoms with Crippen LogP contribution in [0.15, 0.2) is 30.6 Å². The van der Waals surface area contributed by atoms with Crippen LogP contribution < -0.4 is 5.32 Å². The Morgan fingerprint density at radius 2 is 2.38 bits per heavy atom. The van der Waals surface area contributed by atoms with Gasteiger partial charge in [-0.25, -0.2) is 4.98 Å². The van der Waals surface area contributed by atoms with Gasteiger partial charge in [-0.1, -0.05) is 6.07 Å². The van der Waals surface area contributed by atoms with E-state index in [-0.39, 0.29) is 0 Å². The maximum absolute atomic E-state index is 5.08. The Morgan fingerprint density at radius 3 is 3.19 bits per heavy atom. The third-order valence-corrected chi connectivity index (χ3v) is 2.56. The van der Waals surface area contributed by atoms with Crippen molar-refractivity contribution in [3.63, 3.8) is 0 Å². The van der Waals surface area contributed by atoms with Crippen molar-refractivity contribution in [1.29, 1.82) is 0 Å². The van der Waals surface area contributed by atoms with Crippen molar-refractivity contribution >= 4 is 5.65 Å². The maximum atomic E-state index is 5.08. The number of methoxy groups -OCH3 is 1. The van der Waals surface area contributed by atoms with Crippen LogP contribution in [0.25, 0.3) is 5.65 Å². The van der Waals surface area contributed by atoms with Crippen LogP contribution in [0.3, 0.4) is 0 Å². The summed E-state index contributed by atoms with van der Waals surface area (Å²) in [6, 6.07) is 6.48. The SMILES string of the molecule is COCC(C)NCc1cccc2nccn12. The molecule has 0 saturated carbocycles. The molecule has 0 spiro atoms. The van der Waals surface area contributed by atoms with E-state index < -0.39 is 0 Å². The van der Waals surface area contributed by atoms with Gasteiger partial charge in [0.25, 0.3) is 0 Å². The van der Waals surface area contributed by atoms with Crippen molar-refractivity contribution in [2.24, 2.45) is 0 Å². The smallest absolute Gasteiger partial charge is 0.136 e. The van der Waals surface area contributed by atoms with Gasteiger partial charge in [0.1, 0.15) is 5.65 Å². The molecule has 1 N–H and O–H groups in total. The molecule has 0 amide bonds. The van der Waals surface area contributed by atoms with Crippen molar-refractivity contribution in [2.45, 2.75) is 19.5 Å². The number of hydrogen-bond acceptors (Lipinski definition) is 3. The summed E-state index contributed by atoms with van der Waals surface area (Å²) in [7, 11) is 1.72. The molecule has 0 aromatic carbocycles. The number of pyridine rings is 1. The van der Waals surface area contributed by atoms with E-state index in [1.165, 1.54) is 5.69 Å². The highest BCUT2D eigenvalue weighted by Gasteiger charge is 2.03. The molecule has 2 rings (SSSR count). The zero-order valence-corrected chi connectivity index (χ0v) is 9.68. The number of rotatable bonds is 5. The Balaban J connectivity index is 2.06. The van der Waals surface area contributed by atoms with E-state index in [2.05, 4.69) is 27.7 Å². The maximum Gasteiger partial charge on any atom is 0.136 e. The molecule has 1 atom stereocenters. The molecule has 0 fully saturated rings. The van der Waals surface area contributed by atoms with Gasteiger partial charge >= 0.3 is 0 Å². The third-order valence-electron chi connectivity index (χ3n) is 2.56. The molecular formula is C12H17N3O. The Hall–Kier alpha value is -1.39. The van der Waals surface area contributed by atoms with Crippen LogP contribution in [0.1, 0.15) is 12.6 Å².